The number of carbonyl (C=O) groups is 1. The lowest BCUT2D eigenvalue weighted by molar-refractivity contribution is -0.130. The summed E-state index contributed by atoms with van der Waals surface area (Å²) in [5.41, 5.74) is 0.828. The summed E-state index contributed by atoms with van der Waals surface area (Å²) in [5, 5.41) is 0. The molecule has 1 rings (SSSR count). The second-order valence-corrected chi connectivity index (χ2v) is 2.98. The number of carbonyl (C=O) groups excluding carboxylic acids is 1. The Morgan fingerprint density at radius 2 is 2.50 bits per heavy atom. The predicted octanol–water partition coefficient (Wildman–Crippen LogP) is 1.22. The van der Waals surface area contributed by atoms with Gasteiger partial charge in [0.1, 0.15) is 0 Å². The first-order chi connectivity index (χ1) is 5.74. The van der Waals surface area contributed by atoms with E-state index in [9.17, 15) is 4.79 Å². The highest BCUT2D eigenvalue weighted by molar-refractivity contribution is 9.10. The Morgan fingerprint density at radius 1 is 1.75 bits per heavy atom. The highest BCUT2D eigenvalue weighted by Crippen LogP contribution is 2.11. The van der Waals surface area contributed by atoms with Crippen LogP contribution in [0.15, 0.2) is 10.7 Å². The van der Waals surface area contributed by atoms with E-state index in [1.54, 1.807) is 6.20 Å². The van der Waals surface area contributed by atoms with Gasteiger partial charge in [0.25, 0.3) is 6.47 Å². The number of ether oxygens (including phenoxy) is 1. The summed E-state index contributed by atoms with van der Waals surface area (Å²) in [6, 6.07) is 0. The van der Waals surface area contributed by atoms with E-state index in [1.807, 2.05) is 6.92 Å². The molecule has 0 aliphatic carbocycles. The largest absolute Gasteiger partial charge is 0.460 e. The van der Waals surface area contributed by atoms with Gasteiger partial charge in [-0.25, -0.2) is 9.97 Å². The molecule has 0 amide bonds. The van der Waals surface area contributed by atoms with Crippen LogP contribution >= 0.6 is 15.9 Å². The first-order valence-corrected chi connectivity index (χ1v) is 4.06. The second-order valence-electron chi connectivity index (χ2n) is 2.13. The number of aryl methyl sites for hydroxylation is 1. The van der Waals surface area contributed by atoms with Crippen molar-refractivity contribution < 1.29 is 9.53 Å². The maximum atomic E-state index is 9.84. The van der Waals surface area contributed by atoms with Crippen molar-refractivity contribution in [3.63, 3.8) is 0 Å². The minimum Gasteiger partial charge on any atom is -0.460 e. The van der Waals surface area contributed by atoms with Crippen molar-refractivity contribution in [3.05, 3.63) is 22.2 Å². The Balaban J connectivity index is 2.75. The SMILES string of the molecule is Cc1nc(COC=O)ncc1Br. The molecule has 0 N–H and O–H groups in total. The Hall–Kier alpha value is -0.970. The number of rotatable bonds is 3. The van der Waals surface area contributed by atoms with Crippen LogP contribution in [0.4, 0.5) is 0 Å². The van der Waals surface area contributed by atoms with Crippen molar-refractivity contribution in [2.75, 3.05) is 0 Å². The van der Waals surface area contributed by atoms with E-state index in [-0.39, 0.29) is 6.61 Å². The summed E-state index contributed by atoms with van der Waals surface area (Å²) in [6.07, 6.45) is 1.63. The molecule has 0 fully saturated rings. The minimum atomic E-state index is 0.123. The van der Waals surface area contributed by atoms with Gasteiger partial charge in [-0.15, -0.1) is 0 Å². The van der Waals surface area contributed by atoms with Crippen LogP contribution in [0.3, 0.4) is 0 Å². The molecule has 1 heterocycles. The molecule has 1 aromatic rings. The molecule has 0 radical (unpaired) electrons. The number of hydrogen-bond donors (Lipinski definition) is 0. The van der Waals surface area contributed by atoms with Crippen LogP contribution in [0.1, 0.15) is 11.5 Å². The first-order valence-electron chi connectivity index (χ1n) is 3.27. The molecule has 0 unspecified atom stereocenters. The van der Waals surface area contributed by atoms with E-state index in [1.165, 1.54) is 0 Å². The fraction of sp³-hybridized carbons (Fsp3) is 0.286. The zero-order valence-electron chi connectivity index (χ0n) is 6.45. The van der Waals surface area contributed by atoms with Crippen molar-refractivity contribution in [2.45, 2.75) is 13.5 Å². The van der Waals surface area contributed by atoms with Gasteiger partial charge in [-0.2, -0.15) is 0 Å². The quantitative estimate of drug-likeness (QED) is 0.734. The van der Waals surface area contributed by atoms with Crippen molar-refractivity contribution in [2.24, 2.45) is 0 Å². The number of halogens is 1. The summed E-state index contributed by atoms with van der Waals surface area (Å²) >= 11 is 3.26. The molecule has 0 aromatic carbocycles. The summed E-state index contributed by atoms with van der Waals surface area (Å²) in [6.45, 7) is 2.34. The highest BCUT2D eigenvalue weighted by atomic mass is 79.9. The van der Waals surface area contributed by atoms with Crippen LogP contribution in [-0.4, -0.2) is 16.4 Å². The first kappa shape index (κ1) is 9.12. The van der Waals surface area contributed by atoms with Crippen molar-refractivity contribution in [1.29, 1.82) is 0 Å². The molecule has 0 bridgehead atoms. The van der Waals surface area contributed by atoms with E-state index >= 15 is 0 Å². The number of hydrogen-bond acceptors (Lipinski definition) is 4. The molecule has 64 valence electrons. The third-order valence-electron chi connectivity index (χ3n) is 1.25. The molecule has 0 saturated carbocycles. The van der Waals surface area contributed by atoms with Gasteiger partial charge >= 0.3 is 0 Å². The van der Waals surface area contributed by atoms with Crippen molar-refractivity contribution >= 4 is 22.4 Å². The Bertz CT molecular complexity index is 291. The average Bonchev–Trinajstić information content (AvgIpc) is 2.07. The third kappa shape index (κ3) is 2.27. The van der Waals surface area contributed by atoms with Gasteiger partial charge in [-0.05, 0) is 22.9 Å². The van der Waals surface area contributed by atoms with E-state index < -0.39 is 0 Å². The second kappa shape index (κ2) is 4.15. The molecule has 0 saturated heterocycles. The lowest BCUT2D eigenvalue weighted by Gasteiger charge is -2.00. The highest BCUT2D eigenvalue weighted by Gasteiger charge is 1.99. The van der Waals surface area contributed by atoms with E-state index in [2.05, 4.69) is 30.6 Å². The van der Waals surface area contributed by atoms with Crippen LogP contribution in [0.5, 0.6) is 0 Å². The summed E-state index contributed by atoms with van der Waals surface area (Å²) in [5.74, 6) is 0.503. The maximum Gasteiger partial charge on any atom is 0.293 e. The molecule has 12 heavy (non-hydrogen) atoms. The Morgan fingerprint density at radius 3 is 3.08 bits per heavy atom. The van der Waals surface area contributed by atoms with Crippen molar-refractivity contribution in [3.8, 4) is 0 Å². The van der Waals surface area contributed by atoms with Crippen LogP contribution in [0, 0.1) is 6.92 Å². The van der Waals surface area contributed by atoms with Gasteiger partial charge in [0.15, 0.2) is 12.4 Å². The summed E-state index contributed by atoms with van der Waals surface area (Å²) in [4.78, 5) is 17.8. The van der Waals surface area contributed by atoms with Gasteiger partial charge in [0, 0.05) is 6.20 Å². The molecule has 0 aliphatic heterocycles. The normalized spacial score (nSPS) is 9.50. The molecule has 4 nitrogen and oxygen atoms in total. The Kier molecular flexibility index (Phi) is 3.16. The third-order valence-corrected chi connectivity index (χ3v) is 2.03. The molecule has 0 spiro atoms. The lowest BCUT2D eigenvalue weighted by atomic mass is 10.4. The molecule has 0 aliphatic rings. The Labute approximate surface area is 78.1 Å². The smallest absolute Gasteiger partial charge is 0.293 e. The standard InChI is InChI=1S/C7H7BrN2O2/c1-5-6(8)2-9-7(10-5)3-12-4-11/h2,4H,3H2,1H3. The topological polar surface area (TPSA) is 52.1 Å². The van der Waals surface area contributed by atoms with Gasteiger partial charge in [0.05, 0.1) is 10.2 Å². The minimum absolute atomic E-state index is 0.123. The van der Waals surface area contributed by atoms with Gasteiger partial charge in [-0.1, -0.05) is 0 Å². The van der Waals surface area contributed by atoms with E-state index in [4.69, 9.17) is 0 Å². The number of aromatic nitrogens is 2. The monoisotopic (exact) mass is 230 g/mol. The van der Waals surface area contributed by atoms with Crippen LogP contribution < -0.4 is 0 Å². The van der Waals surface area contributed by atoms with E-state index in [0.717, 1.165) is 10.2 Å². The predicted molar refractivity (Wildman–Crippen MR) is 45.3 cm³/mol. The fourth-order valence-electron chi connectivity index (χ4n) is 0.679. The van der Waals surface area contributed by atoms with Crippen molar-refractivity contribution in [1.82, 2.24) is 9.97 Å². The van der Waals surface area contributed by atoms with Gasteiger partial charge in [-0.3, -0.25) is 4.79 Å². The molecule has 0 atom stereocenters. The van der Waals surface area contributed by atoms with Gasteiger partial charge in [0.2, 0.25) is 0 Å². The molecular weight excluding hydrogens is 224 g/mol. The van der Waals surface area contributed by atoms with Crippen LogP contribution in [0.25, 0.3) is 0 Å². The zero-order valence-corrected chi connectivity index (χ0v) is 8.04. The lowest BCUT2D eigenvalue weighted by Crippen LogP contribution is -1.99. The number of nitrogens with zero attached hydrogens (tertiary/aromatic N) is 2. The molecular formula is C7H7BrN2O2. The fourth-order valence-corrected chi connectivity index (χ4v) is 0.870. The van der Waals surface area contributed by atoms with Crippen LogP contribution in [0.2, 0.25) is 0 Å². The summed E-state index contributed by atoms with van der Waals surface area (Å²) in [7, 11) is 0. The summed E-state index contributed by atoms with van der Waals surface area (Å²) < 4.78 is 5.34. The maximum absolute atomic E-state index is 9.84. The van der Waals surface area contributed by atoms with Gasteiger partial charge < -0.3 is 4.74 Å². The van der Waals surface area contributed by atoms with Crippen LogP contribution in [-0.2, 0) is 16.1 Å². The van der Waals surface area contributed by atoms with E-state index in [0.29, 0.717) is 12.3 Å². The molecule has 5 heteroatoms. The molecule has 1 aromatic heterocycles. The zero-order chi connectivity index (χ0) is 8.97. The average molecular weight is 231 g/mol.